The maximum absolute atomic E-state index is 14.6. The molecule has 0 aromatic heterocycles. The van der Waals surface area contributed by atoms with E-state index < -0.39 is 62.8 Å². The summed E-state index contributed by atoms with van der Waals surface area (Å²) in [5.74, 6) is -1.74. The summed E-state index contributed by atoms with van der Waals surface area (Å²) in [7, 11) is -4.38. The molecule has 0 bridgehead atoms. The minimum absolute atomic E-state index is 0.0219. The highest BCUT2D eigenvalue weighted by Gasteiger charge is 2.56. The van der Waals surface area contributed by atoms with Gasteiger partial charge in [-0.1, -0.05) is 38.5 Å². The van der Waals surface area contributed by atoms with Gasteiger partial charge >= 0.3 is 25.7 Å². The van der Waals surface area contributed by atoms with E-state index in [-0.39, 0.29) is 31.3 Å². The van der Waals surface area contributed by atoms with Crippen molar-refractivity contribution < 1.29 is 51.3 Å². The normalized spacial score (nSPS) is 25.4. The minimum atomic E-state index is -4.38. The average molecular weight is 588 g/mol. The van der Waals surface area contributed by atoms with Gasteiger partial charge in [-0.25, -0.2) is 8.96 Å². The summed E-state index contributed by atoms with van der Waals surface area (Å²) >= 11 is 0. The molecule has 0 spiro atoms. The Kier molecular flexibility index (Phi) is 11.9. The number of carbonyl (C=O) groups is 3. The molecule has 1 aromatic carbocycles. The predicted molar refractivity (Wildman–Crippen MR) is 141 cm³/mol. The average Bonchev–Trinajstić information content (AvgIpc) is 3.29. The van der Waals surface area contributed by atoms with Crippen LogP contribution in [0.1, 0.15) is 65.7 Å². The number of benzene rings is 1. The molecule has 1 aromatic rings. The predicted octanol–water partition coefficient (Wildman–Crippen LogP) is 4.43. The van der Waals surface area contributed by atoms with Crippen LogP contribution in [0.3, 0.4) is 0 Å². The number of nitrogens with one attached hydrogen (secondary N) is 1. The highest BCUT2D eigenvalue weighted by Crippen LogP contribution is 2.47. The van der Waals surface area contributed by atoms with Gasteiger partial charge in [0.25, 0.3) is 0 Å². The van der Waals surface area contributed by atoms with E-state index in [4.69, 9.17) is 28.0 Å². The SMILES string of the molecule is CCC(=O)OC1COC(CF)(COP(=O)(N[C@@H](C)C(=O)OC2CCCCC2)Oc2ccccc2)C1OC(=O)CC. The van der Waals surface area contributed by atoms with Crippen molar-refractivity contribution in [2.24, 2.45) is 0 Å². The molecule has 0 radical (unpaired) electrons. The van der Waals surface area contributed by atoms with Gasteiger partial charge in [0, 0.05) is 12.8 Å². The fourth-order valence-corrected chi connectivity index (χ4v) is 5.98. The van der Waals surface area contributed by atoms with Crippen molar-refractivity contribution in [2.45, 2.75) is 95.7 Å². The first-order valence-corrected chi connectivity index (χ1v) is 15.2. The number of ether oxygens (including phenoxy) is 4. The number of halogens is 1. The quantitative estimate of drug-likeness (QED) is 0.188. The molecule has 4 unspecified atom stereocenters. The molecule has 13 heteroatoms. The van der Waals surface area contributed by atoms with E-state index in [0.717, 1.165) is 32.1 Å². The van der Waals surface area contributed by atoms with Crippen LogP contribution in [-0.4, -0.2) is 67.8 Å². The molecule has 3 rings (SSSR count). The van der Waals surface area contributed by atoms with Gasteiger partial charge < -0.3 is 23.5 Å². The van der Waals surface area contributed by atoms with Crippen LogP contribution in [0.2, 0.25) is 0 Å². The first kappa shape index (κ1) is 32.0. The van der Waals surface area contributed by atoms with Crippen molar-refractivity contribution >= 4 is 25.7 Å². The highest BCUT2D eigenvalue weighted by atomic mass is 31.2. The Morgan fingerprint density at radius 2 is 1.70 bits per heavy atom. The van der Waals surface area contributed by atoms with Crippen LogP contribution in [-0.2, 0) is 42.4 Å². The minimum Gasteiger partial charge on any atom is -0.461 e. The molecule has 0 amide bonds. The number of carbonyl (C=O) groups excluding carboxylic acids is 3. The van der Waals surface area contributed by atoms with Crippen LogP contribution in [0.25, 0.3) is 0 Å². The van der Waals surface area contributed by atoms with Crippen molar-refractivity contribution in [1.29, 1.82) is 0 Å². The zero-order valence-corrected chi connectivity index (χ0v) is 24.1. The molecule has 1 saturated heterocycles. The van der Waals surface area contributed by atoms with E-state index in [1.807, 2.05) is 0 Å². The van der Waals surface area contributed by atoms with Gasteiger partial charge in [-0.3, -0.25) is 18.9 Å². The molecule has 224 valence electrons. The summed E-state index contributed by atoms with van der Waals surface area (Å²) < 4.78 is 61.9. The Balaban J connectivity index is 1.80. The lowest BCUT2D eigenvalue weighted by molar-refractivity contribution is -0.174. The van der Waals surface area contributed by atoms with Crippen molar-refractivity contribution in [1.82, 2.24) is 5.09 Å². The smallest absolute Gasteiger partial charge is 0.459 e. The van der Waals surface area contributed by atoms with Crippen LogP contribution >= 0.6 is 7.75 Å². The molecule has 1 saturated carbocycles. The summed E-state index contributed by atoms with van der Waals surface area (Å²) in [6.07, 6.45) is 1.84. The van der Waals surface area contributed by atoms with Gasteiger partial charge in [0.15, 0.2) is 17.8 Å². The van der Waals surface area contributed by atoms with Gasteiger partial charge in [0.05, 0.1) is 13.2 Å². The van der Waals surface area contributed by atoms with E-state index in [9.17, 15) is 23.3 Å². The Labute approximate surface area is 233 Å². The zero-order chi connectivity index (χ0) is 29.2. The number of rotatable bonds is 14. The van der Waals surface area contributed by atoms with Gasteiger partial charge in [0.1, 0.15) is 24.6 Å². The van der Waals surface area contributed by atoms with Crippen molar-refractivity contribution in [3.63, 3.8) is 0 Å². The fourth-order valence-electron chi connectivity index (χ4n) is 4.43. The lowest BCUT2D eigenvalue weighted by Gasteiger charge is -2.33. The van der Waals surface area contributed by atoms with Crippen LogP contribution in [0.4, 0.5) is 4.39 Å². The topological polar surface area (TPSA) is 136 Å². The third-order valence-electron chi connectivity index (χ3n) is 6.72. The van der Waals surface area contributed by atoms with Gasteiger partial charge in [-0.2, -0.15) is 5.09 Å². The van der Waals surface area contributed by atoms with Crippen LogP contribution in [0.15, 0.2) is 30.3 Å². The lowest BCUT2D eigenvalue weighted by atomic mass is 9.97. The summed E-state index contributed by atoms with van der Waals surface area (Å²) in [5.41, 5.74) is -1.95. The zero-order valence-electron chi connectivity index (χ0n) is 23.2. The number of para-hydroxylation sites is 1. The summed E-state index contributed by atoms with van der Waals surface area (Å²) in [5, 5.41) is 2.58. The third-order valence-corrected chi connectivity index (χ3v) is 8.35. The second-order valence-corrected chi connectivity index (χ2v) is 11.6. The van der Waals surface area contributed by atoms with Gasteiger partial charge in [-0.15, -0.1) is 0 Å². The monoisotopic (exact) mass is 587 g/mol. The van der Waals surface area contributed by atoms with Gasteiger partial charge in [-0.05, 0) is 44.7 Å². The Hall–Kier alpha value is -2.53. The van der Waals surface area contributed by atoms with E-state index >= 15 is 0 Å². The molecule has 2 fully saturated rings. The van der Waals surface area contributed by atoms with Gasteiger partial charge in [0.2, 0.25) is 0 Å². The largest absolute Gasteiger partial charge is 0.461 e. The Morgan fingerprint density at radius 1 is 1.05 bits per heavy atom. The van der Waals surface area contributed by atoms with E-state index in [1.165, 1.54) is 19.1 Å². The summed E-state index contributed by atoms with van der Waals surface area (Å²) in [6, 6.07) is 6.99. The number of alkyl halides is 1. The van der Waals surface area contributed by atoms with E-state index in [1.54, 1.807) is 32.0 Å². The molecule has 2 aliphatic rings. The highest BCUT2D eigenvalue weighted by molar-refractivity contribution is 7.52. The van der Waals surface area contributed by atoms with Crippen LogP contribution in [0.5, 0.6) is 5.75 Å². The first-order valence-electron chi connectivity index (χ1n) is 13.7. The molecule has 5 atom stereocenters. The summed E-state index contributed by atoms with van der Waals surface area (Å²) in [4.78, 5) is 36.9. The second kappa shape index (κ2) is 14.9. The van der Waals surface area contributed by atoms with E-state index in [2.05, 4.69) is 5.09 Å². The molecule has 1 N–H and O–H groups in total. The number of hydrogen-bond acceptors (Lipinski definition) is 10. The second-order valence-electron chi connectivity index (χ2n) is 9.88. The lowest BCUT2D eigenvalue weighted by Crippen LogP contribution is -2.52. The van der Waals surface area contributed by atoms with Crippen molar-refractivity contribution in [3.8, 4) is 5.75 Å². The first-order chi connectivity index (χ1) is 19.1. The molecule has 1 aliphatic carbocycles. The van der Waals surface area contributed by atoms with Crippen LogP contribution < -0.4 is 9.61 Å². The molecule has 1 aliphatic heterocycles. The number of hydrogen-bond donors (Lipinski definition) is 1. The maximum atomic E-state index is 14.6. The third kappa shape index (κ3) is 8.73. The standard InChI is InChI=1S/C27H39FNO10P/c1-4-23(30)37-22-16-34-27(17-28,25(22)38-24(31)5-2)18-35-40(33,39-21-14-10-7-11-15-21)29-19(3)26(32)36-20-12-8-6-9-13-20/h7,10-11,14-15,19-20,22,25H,4-6,8-9,12-13,16-18H2,1-3H3,(H,29,33)/t19-,22?,25?,27?,40?/m0/s1. The number of esters is 3. The van der Waals surface area contributed by atoms with Crippen LogP contribution in [0, 0.1) is 0 Å². The molecular formula is C27H39FNO10P. The fraction of sp³-hybridized carbons (Fsp3) is 0.667. The molecule has 40 heavy (non-hydrogen) atoms. The molecule has 1 heterocycles. The molecule has 11 nitrogen and oxygen atoms in total. The molecular weight excluding hydrogens is 548 g/mol. The summed E-state index contributed by atoms with van der Waals surface area (Å²) in [6.45, 7) is 2.38. The van der Waals surface area contributed by atoms with Crippen molar-refractivity contribution in [2.75, 3.05) is 19.9 Å². The van der Waals surface area contributed by atoms with E-state index in [0.29, 0.717) is 0 Å². The Bertz CT molecular complexity index is 1040. The van der Waals surface area contributed by atoms with Crippen molar-refractivity contribution in [3.05, 3.63) is 30.3 Å². The maximum Gasteiger partial charge on any atom is 0.459 e. The Morgan fingerprint density at radius 3 is 2.33 bits per heavy atom.